The first-order chi connectivity index (χ1) is 22.4. The summed E-state index contributed by atoms with van der Waals surface area (Å²) in [5.74, 6) is 0.388. The molecule has 1 heterocycles. The standard InChI is InChI=1S/C36H41F6NO5/c1-21-30(23-15-25(35(37,38)39)17-26(16-23)36(40,41)42)48-32(45)43(21)20-24-19-33(2,3)13-10-27(24)28-14-22(8-9-29(28)46-4)18-34(31(44)47-5)11-6-7-12-34/h8-9,14-17,21,30H,6-7,10-13,18-20H2,1-5H3/t21-,30-/m0/s1. The van der Waals surface area contributed by atoms with Crippen molar-refractivity contribution >= 4 is 17.6 Å². The number of amides is 1. The van der Waals surface area contributed by atoms with Gasteiger partial charge in [0.25, 0.3) is 0 Å². The third kappa shape index (κ3) is 7.17. The van der Waals surface area contributed by atoms with E-state index in [1.807, 2.05) is 18.2 Å². The highest BCUT2D eigenvalue weighted by Gasteiger charge is 2.45. The van der Waals surface area contributed by atoms with Crippen molar-refractivity contribution < 1.29 is 50.1 Å². The zero-order chi connectivity index (χ0) is 35.2. The molecule has 262 valence electrons. The molecule has 48 heavy (non-hydrogen) atoms. The molecule has 0 bridgehead atoms. The van der Waals surface area contributed by atoms with Gasteiger partial charge >= 0.3 is 24.4 Å². The monoisotopic (exact) mass is 681 g/mol. The molecule has 12 heteroatoms. The van der Waals surface area contributed by atoms with Crippen molar-refractivity contribution in [2.75, 3.05) is 20.8 Å². The first-order valence-electron chi connectivity index (χ1n) is 16.1. The van der Waals surface area contributed by atoms with Crippen LogP contribution in [0.3, 0.4) is 0 Å². The van der Waals surface area contributed by atoms with Crippen LogP contribution in [-0.4, -0.2) is 43.8 Å². The van der Waals surface area contributed by atoms with Crippen molar-refractivity contribution in [2.45, 2.75) is 96.6 Å². The van der Waals surface area contributed by atoms with Crippen molar-refractivity contribution in [2.24, 2.45) is 10.8 Å². The number of hydrogen-bond donors (Lipinski definition) is 0. The van der Waals surface area contributed by atoms with E-state index in [1.165, 1.54) is 12.0 Å². The maximum absolute atomic E-state index is 13.6. The molecule has 2 aromatic rings. The minimum Gasteiger partial charge on any atom is -0.496 e. The van der Waals surface area contributed by atoms with Gasteiger partial charge in [-0.25, -0.2) is 4.79 Å². The van der Waals surface area contributed by atoms with E-state index < -0.39 is 47.1 Å². The second kappa shape index (κ2) is 13.0. The van der Waals surface area contributed by atoms with Crippen LogP contribution < -0.4 is 4.74 Å². The van der Waals surface area contributed by atoms with E-state index in [0.717, 1.165) is 54.4 Å². The van der Waals surface area contributed by atoms with E-state index >= 15 is 0 Å². The van der Waals surface area contributed by atoms with Crippen LogP contribution in [0, 0.1) is 10.8 Å². The summed E-state index contributed by atoms with van der Waals surface area (Å²) < 4.78 is 98.1. The summed E-state index contributed by atoms with van der Waals surface area (Å²) >= 11 is 0. The normalized spacial score (nSPS) is 22.6. The number of ether oxygens (including phenoxy) is 3. The van der Waals surface area contributed by atoms with Gasteiger partial charge in [0.1, 0.15) is 11.9 Å². The molecular formula is C36H41F6NO5. The molecule has 2 atom stereocenters. The van der Waals surface area contributed by atoms with Crippen LogP contribution in [0.15, 0.2) is 42.0 Å². The van der Waals surface area contributed by atoms with Gasteiger partial charge in [0.2, 0.25) is 0 Å². The molecule has 1 saturated carbocycles. The SMILES string of the molecule is COC(=O)C1(Cc2ccc(OC)c(C3=C(CN4C(=O)O[C@H](c5cc(C(F)(F)F)cc(C(F)(F)F)c5)[C@@H]4C)CC(C)(C)CC3)c2)CCCC1. The second-order valence-electron chi connectivity index (χ2n) is 14.1. The highest BCUT2D eigenvalue weighted by Crippen LogP contribution is 2.48. The molecule has 2 aliphatic carbocycles. The predicted octanol–water partition coefficient (Wildman–Crippen LogP) is 9.55. The topological polar surface area (TPSA) is 65.1 Å². The third-order valence-electron chi connectivity index (χ3n) is 10.2. The molecule has 0 N–H and O–H groups in total. The summed E-state index contributed by atoms with van der Waals surface area (Å²) in [6.45, 7) is 5.84. The van der Waals surface area contributed by atoms with Crippen LogP contribution in [0.5, 0.6) is 5.75 Å². The number of halogens is 6. The molecular weight excluding hydrogens is 640 g/mol. The van der Waals surface area contributed by atoms with Gasteiger partial charge in [-0.05, 0) is 103 Å². The van der Waals surface area contributed by atoms with E-state index in [9.17, 15) is 35.9 Å². The molecule has 2 fully saturated rings. The summed E-state index contributed by atoms with van der Waals surface area (Å²) in [7, 11) is 2.97. The summed E-state index contributed by atoms with van der Waals surface area (Å²) in [6, 6.07) is 6.25. The van der Waals surface area contributed by atoms with Crippen molar-refractivity contribution in [3.63, 3.8) is 0 Å². The first kappa shape index (κ1) is 35.6. The number of carbonyl (C=O) groups is 2. The van der Waals surface area contributed by atoms with Gasteiger partial charge in [0.15, 0.2) is 0 Å². The smallest absolute Gasteiger partial charge is 0.416 e. The fraction of sp³-hybridized carbons (Fsp3) is 0.556. The molecule has 0 unspecified atom stereocenters. The molecule has 5 rings (SSSR count). The molecule has 6 nitrogen and oxygen atoms in total. The summed E-state index contributed by atoms with van der Waals surface area (Å²) in [5, 5.41) is 0. The average molecular weight is 682 g/mol. The minimum atomic E-state index is -5.03. The number of allylic oxidation sites excluding steroid dienone is 1. The van der Waals surface area contributed by atoms with Crippen molar-refractivity contribution in [3.8, 4) is 5.75 Å². The van der Waals surface area contributed by atoms with Crippen molar-refractivity contribution in [1.29, 1.82) is 0 Å². The van der Waals surface area contributed by atoms with E-state index in [2.05, 4.69) is 13.8 Å². The zero-order valence-electron chi connectivity index (χ0n) is 27.7. The Labute approximate surface area is 276 Å². The lowest BCUT2D eigenvalue weighted by molar-refractivity contribution is -0.152. The van der Waals surface area contributed by atoms with Gasteiger partial charge in [-0.15, -0.1) is 0 Å². The van der Waals surface area contributed by atoms with Crippen molar-refractivity contribution in [1.82, 2.24) is 4.90 Å². The Hall–Kier alpha value is -3.70. The fourth-order valence-corrected chi connectivity index (χ4v) is 7.61. The lowest BCUT2D eigenvalue weighted by Gasteiger charge is -2.36. The Balaban J connectivity index is 1.51. The Morgan fingerprint density at radius 2 is 1.58 bits per heavy atom. The minimum absolute atomic E-state index is 0.0607. The van der Waals surface area contributed by atoms with Crippen LogP contribution in [0.2, 0.25) is 0 Å². The number of nitrogens with zero attached hydrogens (tertiary/aromatic N) is 1. The zero-order valence-corrected chi connectivity index (χ0v) is 27.7. The summed E-state index contributed by atoms with van der Waals surface area (Å²) in [5.41, 5.74) is -0.444. The molecule has 3 aliphatic rings. The third-order valence-corrected chi connectivity index (χ3v) is 10.2. The van der Waals surface area contributed by atoms with Gasteiger partial charge in [-0.3, -0.25) is 9.69 Å². The largest absolute Gasteiger partial charge is 0.496 e. The number of rotatable bonds is 8. The molecule has 0 aromatic heterocycles. The predicted molar refractivity (Wildman–Crippen MR) is 166 cm³/mol. The number of esters is 1. The van der Waals surface area contributed by atoms with E-state index in [-0.39, 0.29) is 29.6 Å². The molecule has 0 spiro atoms. The quantitative estimate of drug-likeness (QED) is 0.205. The first-order valence-corrected chi connectivity index (χ1v) is 16.1. The van der Waals surface area contributed by atoms with E-state index in [1.54, 1.807) is 14.0 Å². The molecule has 1 saturated heterocycles. The van der Waals surface area contributed by atoms with Gasteiger partial charge < -0.3 is 14.2 Å². The Morgan fingerprint density at radius 1 is 0.958 bits per heavy atom. The van der Waals surface area contributed by atoms with Crippen LogP contribution in [0.4, 0.5) is 31.1 Å². The van der Waals surface area contributed by atoms with Crippen LogP contribution in [-0.2, 0) is 33.0 Å². The highest BCUT2D eigenvalue weighted by molar-refractivity contribution is 5.79. The van der Waals surface area contributed by atoms with Crippen LogP contribution >= 0.6 is 0 Å². The second-order valence-corrected chi connectivity index (χ2v) is 14.1. The van der Waals surface area contributed by atoms with Gasteiger partial charge in [0, 0.05) is 12.1 Å². The van der Waals surface area contributed by atoms with Crippen LogP contribution in [0.1, 0.15) is 99.6 Å². The van der Waals surface area contributed by atoms with Gasteiger partial charge in [-0.1, -0.05) is 32.8 Å². The number of hydrogen-bond acceptors (Lipinski definition) is 5. The fourth-order valence-electron chi connectivity index (χ4n) is 7.61. The maximum atomic E-state index is 13.6. The van der Waals surface area contributed by atoms with Gasteiger partial charge in [0.05, 0.1) is 36.8 Å². The highest BCUT2D eigenvalue weighted by atomic mass is 19.4. The molecule has 0 radical (unpaired) electrons. The van der Waals surface area contributed by atoms with E-state index in [4.69, 9.17) is 14.2 Å². The average Bonchev–Trinajstić information content (AvgIpc) is 3.60. The number of benzene rings is 2. The Bertz CT molecular complexity index is 1560. The molecule has 2 aromatic carbocycles. The Morgan fingerprint density at radius 3 is 2.15 bits per heavy atom. The lowest BCUT2D eigenvalue weighted by Crippen LogP contribution is -2.35. The maximum Gasteiger partial charge on any atom is 0.416 e. The van der Waals surface area contributed by atoms with Crippen molar-refractivity contribution in [3.05, 3.63) is 69.8 Å². The number of alkyl halides is 6. The van der Waals surface area contributed by atoms with E-state index in [0.29, 0.717) is 37.1 Å². The molecule has 1 aliphatic heterocycles. The van der Waals surface area contributed by atoms with Gasteiger partial charge in [-0.2, -0.15) is 26.3 Å². The summed E-state index contributed by atoms with van der Waals surface area (Å²) in [6.07, 6.45) is -6.33. The van der Waals surface area contributed by atoms with Crippen LogP contribution in [0.25, 0.3) is 5.57 Å². The lowest BCUT2D eigenvalue weighted by atomic mass is 9.72. The number of cyclic esters (lactones) is 1. The Kier molecular flexibility index (Phi) is 9.62. The molecule has 1 amide bonds. The number of methoxy groups -OCH3 is 2. The summed E-state index contributed by atoms with van der Waals surface area (Å²) in [4.78, 5) is 27.5. The number of carbonyl (C=O) groups excluding carboxylic acids is 2.